The molecule has 1 aromatic heterocycles. The van der Waals surface area contributed by atoms with E-state index in [1.807, 2.05) is 0 Å². The van der Waals surface area contributed by atoms with Gasteiger partial charge in [0, 0.05) is 24.9 Å². The number of aliphatic hydroxyl groups is 1. The summed E-state index contributed by atoms with van der Waals surface area (Å²) < 4.78 is 31.2. The first-order valence-corrected chi connectivity index (χ1v) is 5.58. The first-order valence-electron chi connectivity index (χ1n) is 5.58. The van der Waals surface area contributed by atoms with E-state index in [9.17, 15) is 13.9 Å². The van der Waals surface area contributed by atoms with Crippen LogP contribution in [0.1, 0.15) is 17.4 Å². The molecule has 100 valence electrons. The van der Waals surface area contributed by atoms with Crippen LogP contribution in [0.2, 0.25) is 0 Å². The second-order valence-electron chi connectivity index (χ2n) is 3.91. The van der Waals surface area contributed by atoms with Crippen molar-refractivity contribution < 1.29 is 18.6 Å². The van der Waals surface area contributed by atoms with Gasteiger partial charge in [-0.1, -0.05) is 6.07 Å². The summed E-state index contributed by atoms with van der Waals surface area (Å²) in [6, 6.07) is 3.20. The Bertz CT molecular complexity index is 578. The van der Waals surface area contributed by atoms with Crippen molar-refractivity contribution in [3.63, 3.8) is 0 Å². The number of nitrogens with zero attached hydrogens (tertiary/aromatic N) is 2. The van der Waals surface area contributed by atoms with Crippen molar-refractivity contribution in [1.29, 1.82) is 0 Å². The van der Waals surface area contributed by atoms with Crippen LogP contribution < -0.4 is 4.74 Å². The molecule has 2 aromatic rings. The van der Waals surface area contributed by atoms with Crippen LogP contribution in [-0.4, -0.2) is 22.2 Å². The van der Waals surface area contributed by atoms with Gasteiger partial charge in [-0.25, -0.2) is 13.8 Å². The zero-order valence-corrected chi connectivity index (χ0v) is 10.2. The first-order chi connectivity index (χ1) is 9.11. The molecular formula is C13H12F2N2O2. The molecule has 0 aliphatic heterocycles. The van der Waals surface area contributed by atoms with Crippen molar-refractivity contribution >= 4 is 0 Å². The van der Waals surface area contributed by atoms with Crippen LogP contribution in [0.3, 0.4) is 0 Å². The SMILES string of the molecule is COc1nccnc1C(O)Cc1ccc(F)cc1F. The second-order valence-corrected chi connectivity index (χ2v) is 3.91. The predicted octanol–water partition coefficient (Wildman–Crippen LogP) is 2.04. The number of rotatable bonds is 4. The normalized spacial score (nSPS) is 12.2. The first kappa shape index (κ1) is 13.4. The molecule has 0 fully saturated rings. The Morgan fingerprint density at radius 3 is 2.68 bits per heavy atom. The molecule has 2 rings (SSSR count). The maximum atomic E-state index is 13.5. The summed E-state index contributed by atoms with van der Waals surface area (Å²) in [5, 5.41) is 10.0. The lowest BCUT2D eigenvalue weighted by Crippen LogP contribution is -2.08. The molecule has 0 aliphatic carbocycles. The fourth-order valence-corrected chi connectivity index (χ4v) is 1.71. The van der Waals surface area contributed by atoms with E-state index in [0.717, 1.165) is 12.1 Å². The quantitative estimate of drug-likeness (QED) is 0.920. The third-order valence-electron chi connectivity index (χ3n) is 2.63. The highest BCUT2D eigenvalue weighted by molar-refractivity contribution is 5.25. The molecule has 0 spiro atoms. The van der Waals surface area contributed by atoms with Gasteiger partial charge in [0.25, 0.3) is 0 Å². The third-order valence-corrected chi connectivity index (χ3v) is 2.63. The lowest BCUT2D eigenvalue weighted by Gasteiger charge is -2.13. The van der Waals surface area contributed by atoms with Gasteiger partial charge >= 0.3 is 0 Å². The molecule has 0 amide bonds. The lowest BCUT2D eigenvalue weighted by atomic mass is 10.0. The zero-order chi connectivity index (χ0) is 13.8. The largest absolute Gasteiger partial charge is 0.480 e. The highest BCUT2D eigenvalue weighted by Crippen LogP contribution is 2.24. The average molecular weight is 266 g/mol. The molecule has 4 nitrogen and oxygen atoms in total. The number of ether oxygens (including phenoxy) is 1. The number of aromatic nitrogens is 2. The fourth-order valence-electron chi connectivity index (χ4n) is 1.71. The summed E-state index contributed by atoms with van der Waals surface area (Å²) in [7, 11) is 1.40. The van der Waals surface area contributed by atoms with Gasteiger partial charge in [-0.2, -0.15) is 0 Å². The van der Waals surface area contributed by atoms with E-state index in [1.165, 1.54) is 25.6 Å². The van der Waals surface area contributed by atoms with Gasteiger partial charge in [0.2, 0.25) is 5.88 Å². The van der Waals surface area contributed by atoms with Gasteiger partial charge in [-0.15, -0.1) is 0 Å². The number of hydrogen-bond donors (Lipinski definition) is 1. The molecule has 0 aliphatic rings. The van der Waals surface area contributed by atoms with E-state index in [-0.39, 0.29) is 23.6 Å². The number of benzene rings is 1. The Morgan fingerprint density at radius 2 is 2.00 bits per heavy atom. The van der Waals surface area contributed by atoms with Crippen molar-refractivity contribution in [3.05, 3.63) is 53.5 Å². The van der Waals surface area contributed by atoms with E-state index < -0.39 is 17.7 Å². The van der Waals surface area contributed by atoms with Crippen LogP contribution in [0.5, 0.6) is 5.88 Å². The van der Waals surface area contributed by atoms with E-state index in [0.29, 0.717) is 0 Å². The zero-order valence-electron chi connectivity index (χ0n) is 10.2. The number of hydrogen-bond acceptors (Lipinski definition) is 4. The molecule has 1 aromatic carbocycles. The van der Waals surface area contributed by atoms with Crippen LogP contribution in [0.15, 0.2) is 30.6 Å². The van der Waals surface area contributed by atoms with Crippen LogP contribution in [0, 0.1) is 11.6 Å². The van der Waals surface area contributed by atoms with E-state index in [4.69, 9.17) is 4.74 Å². The summed E-state index contributed by atoms with van der Waals surface area (Å²) >= 11 is 0. The van der Waals surface area contributed by atoms with Gasteiger partial charge in [0.15, 0.2) is 0 Å². The minimum atomic E-state index is -1.08. The van der Waals surface area contributed by atoms with Crippen molar-refractivity contribution in [2.24, 2.45) is 0 Å². The van der Waals surface area contributed by atoms with Crippen LogP contribution in [-0.2, 0) is 6.42 Å². The van der Waals surface area contributed by atoms with Crippen LogP contribution in [0.4, 0.5) is 8.78 Å². The molecule has 6 heteroatoms. The van der Waals surface area contributed by atoms with Gasteiger partial charge < -0.3 is 9.84 Å². The smallest absolute Gasteiger partial charge is 0.238 e. The fraction of sp³-hybridized carbons (Fsp3) is 0.231. The molecule has 0 radical (unpaired) electrons. The molecule has 1 atom stereocenters. The summed E-state index contributed by atoms with van der Waals surface area (Å²) in [5.41, 5.74) is 0.412. The average Bonchev–Trinajstić information content (AvgIpc) is 2.41. The summed E-state index contributed by atoms with van der Waals surface area (Å²) in [6.45, 7) is 0. The van der Waals surface area contributed by atoms with Gasteiger partial charge in [-0.05, 0) is 11.6 Å². The van der Waals surface area contributed by atoms with Crippen molar-refractivity contribution in [2.75, 3.05) is 7.11 Å². The minimum absolute atomic E-state index is 0.0405. The maximum absolute atomic E-state index is 13.5. The number of halogens is 2. The number of methoxy groups -OCH3 is 1. The number of aliphatic hydroxyl groups excluding tert-OH is 1. The van der Waals surface area contributed by atoms with E-state index >= 15 is 0 Å². The molecule has 0 saturated carbocycles. The summed E-state index contributed by atoms with van der Waals surface area (Å²) in [4.78, 5) is 7.86. The molecule has 1 heterocycles. The van der Waals surface area contributed by atoms with Crippen LogP contribution >= 0.6 is 0 Å². The van der Waals surface area contributed by atoms with E-state index in [2.05, 4.69) is 9.97 Å². The van der Waals surface area contributed by atoms with Gasteiger partial charge in [0.05, 0.1) is 7.11 Å². The monoisotopic (exact) mass is 266 g/mol. The molecular weight excluding hydrogens is 254 g/mol. The Hall–Kier alpha value is -2.08. The summed E-state index contributed by atoms with van der Waals surface area (Å²) in [6.07, 6.45) is 1.71. The standard InChI is InChI=1S/C13H12F2N2O2/c1-19-13-12(16-4-5-17-13)11(18)6-8-2-3-9(14)7-10(8)15/h2-5,7,11,18H,6H2,1H3. The Kier molecular flexibility index (Phi) is 4.01. The maximum Gasteiger partial charge on any atom is 0.238 e. The third kappa shape index (κ3) is 3.03. The Balaban J connectivity index is 2.23. The predicted molar refractivity (Wildman–Crippen MR) is 63.6 cm³/mol. The Labute approximate surface area is 108 Å². The molecule has 19 heavy (non-hydrogen) atoms. The molecule has 1 unspecified atom stereocenters. The molecule has 0 bridgehead atoms. The Morgan fingerprint density at radius 1 is 1.26 bits per heavy atom. The van der Waals surface area contributed by atoms with Crippen molar-refractivity contribution in [3.8, 4) is 5.88 Å². The lowest BCUT2D eigenvalue weighted by molar-refractivity contribution is 0.166. The highest BCUT2D eigenvalue weighted by atomic mass is 19.1. The highest BCUT2D eigenvalue weighted by Gasteiger charge is 2.18. The van der Waals surface area contributed by atoms with Crippen LogP contribution in [0.25, 0.3) is 0 Å². The minimum Gasteiger partial charge on any atom is -0.480 e. The van der Waals surface area contributed by atoms with Gasteiger partial charge in [-0.3, -0.25) is 4.98 Å². The molecule has 1 N–H and O–H groups in total. The molecule has 0 saturated heterocycles. The van der Waals surface area contributed by atoms with Gasteiger partial charge in [0.1, 0.15) is 23.4 Å². The summed E-state index contributed by atoms with van der Waals surface area (Å²) in [5.74, 6) is -1.19. The van der Waals surface area contributed by atoms with E-state index in [1.54, 1.807) is 0 Å². The van der Waals surface area contributed by atoms with Crippen molar-refractivity contribution in [1.82, 2.24) is 9.97 Å². The second kappa shape index (κ2) is 5.71. The topological polar surface area (TPSA) is 55.2 Å². The van der Waals surface area contributed by atoms with Crippen molar-refractivity contribution in [2.45, 2.75) is 12.5 Å².